The average molecular weight is 270 g/mol. The Hall–Kier alpha value is -1.26. The number of ether oxygens (including phenoxy) is 1. The monoisotopic (exact) mass is 269 g/mol. The number of carbonyl (C=O) groups excluding carboxylic acids is 1. The van der Waals surface area contributed by atoms with Crippen LogP contribution in [0.1, 0.15) is 24.8 Å². The van der Waals surface area contributed by atoms with Crippen molar-refractivity contribution in [3.05, 3.63) is 28.8 Å². The van der Waals surface area contributed by atoms with Crippen LogP contribution in [0, 0.1) is 0 Å². The number of carbonyl (C=O) groups is 1. The zero-order valence-corrected chi connectivity index (χ0v) is 10.7. The summed E-state index contributed by atoms with van der Waals surface area (Å²) in [5.74, 6) is 0.426. The van der Waals surface area contributed by atoms with E-state index in [1.807, 2.05) is 0 Å². The molecule has 1 unspecified atom stereocenters. The molecule has 1 aliphatic heterocycles. The predicted molar refractivity (Wildman–Crippen MR) is 68.7 cm³/mol. The smallest absolute Gasteiger partial charge is 0.261 e. The molecule has 5 heteroatoms. The molecule has 4 nitrogen and oxygen atoms in total. The van der Waals surface area contributed by atoms with Gasteiger partial charge in [-0.1, -0.05) is 11.6 Å². The summed E-state index contributed by atoms with van der Waals surface area (Å²) in [7, 11) is 0. The highest BCUT2D eigenvalue weighted by atomic mass is 35.5. The summed E-state index contributed by atoms with van der Waals surface area (Å²) in [6, 6.07) is 5.02. The maximum atomic E-state index is 11.8. The molecule has 1 fully saturated rings. The van der Waals surface area contributed by atoms with Crippen LogP contribution in [0.2, 0.25) is 5.02 Å². The molecular weight excluding hydrogens is 254 g/mol. The fourth-order valence-electron chi connectivity index (χ4n) is 1.96. The van der Waals surface area contributed by atoms with Crippen molar-refractivity contribution in [3.8, 4) is 5.75 Å². The topological polar surface area (TPSA) is 58.6 Å². The van der Waals surface area contributed by atoms with Crippen LogP contribution >= 0.6 is 11.6 Å². The summed E-state index contributed by atoms with van der Waals surface area (Å²) in [6.07, 6.45) is 2.13. The molecule has 1 atom stereocenters. The standard InChI is InChI=1S/C13H16ClNO3/c14-10-4-5-11(9(7-10)8-16)18-12-3-1-2-6-15-13(12)17/h4-5,7,12,16H,1-3,6,8H2,(H,15,17). The van der Waals surface area contributed by atoms with E-state index in [0.29, 0.717) is 29.3 Å². The van der Waals surface area contributed by atoms with Crippen molar-refractivity contribution in [1.82, 2.24) is 5.32 Å². The zero-order chi connectivity index (χ0) is 13.0. The van der Waals surface area contributed by atoms with Crippen LogP contribution in [-0.2, 0) is 11.4 Å². The molecule has 1 aliphatic rings. The molecule has 18 heavy (non-hydrogen) atoms. The van der Waals surface area contributed by atoms with Crippen LogP contribution in [0.5, 0.6) is 5.75 Å². The lowest BCUT2D eigenvalue weighted by Gasteiger charge is -2.18. The molecule has 1 amide bonds. The molecule has 0 bridgehead atoms. The summed E-state index contributed by atoms with van der Waals surface area (Å²) in [6.45, 7) is 0.538. The minimum atomic E-state index is -0.487. The number of halogens is 1. The number of hydrogen-bond donors (Lipinski definition) is 2. The number of amides is 1. The molecule has 0 radical (unpaired) electrons. The van der Waals surface area contributed by atoms with Gasteiger partial charge in [0.25, 0.3) is 5.91 Å². The van der Waals surface area contributed by atoms with Crippen LogP contribution in [0.15, 0.2) is 18.2 Å². The van der Waals surface area contributed by atoms with Gasteiger partial charge >= 0.3 is 0 Å². The lowest BCUT2D eigenvalue weighted by atomic mass is 10.1. The van der Waals surface area contributed by atoms with Gasteiger partial charge in [0.2, 0.25) is 0 Å². The Balaban J connectivity index is 2.14. The first kappa shape index (κ1) is 13.2. The molecule has 0 aromatic heterocycles. The Kier molecular flexibility index (Phi) is 4.44. The fourth-order valence-corrected chi connectivity index (χ4v) is 2.16. The highest BCUT2D eigenvalue weighted by molar-refractivity contribution is 6.30. The van der Waals surface area contributed by atoms with E-state index >= 15 is 0 Å². The second kappa shape index (κ2) is 6.07. The minimum absolute atomic E-state index is 0.0914. The van der Waals surface area contributed by atoms with Gasteiger partial charge in [0.15, 0.2) is 6.10 Å². The quantitative estimate of drug-likeness (QED) is 0.881. The number of benzene rings is 1. The molecular formula is C13H16ClNO3. The molecule has 0 saturated carbocycles. The van der Waals surface area contributed by atoms with Gasteiger partial charge in [-0.15, -0.1) is 0 Å². The first-order valence-corrected chi connectivity index (χ1v) is 6.42. The number of aliphatic hydroxyl groups is 1. The van der Waals surface area contributed by atoms with Crippen molar-refractivity contribution in [2.45, 2.75) is 32.0 Å². The number of hydrogen-bond acceptors (Lipinski definition) is 3. The van der Waals surface area contributed by atoms with E-state index in [9.17, 15) is 9.90 Å². The normalized spacial score (nSPS) is 20.1. The maximum Gasteiger partial charge on any atom is 0.261 e. The number of aliphatic hydroxyl groups excluding tert-OH is 1. The molecule has 0 spiro atoms. The van der Waals surface area contributed by atoms with E-state index in [1.165, 1.54) is 0 Å². The number of nitrogens with one attached hydrogen (secondary N) is 1. The molecule has 1 aromatic carbocycles. The summed E-state index contributed by atoms with van der Waals surface area (Å²) < 4.78 is 5.69. The van der Waals surface area contributed by atoms with E-state index in [-0.39, 0.29) is 12.5 Å². The van der Waals surface area contributed by atoms with Gasteiger partial charge in [0.1, 0.15) is 5.75 Å². The predicted octanol–water partition coefficient (Wildman–Crippen LogP) is 1.88. The van der Waals surface area contributed by atoms with Crippen molar-refractivity contribution >= 4 is 17.5 Å². The summed E-state index contributed by atoms with van der Waals surface area (Å²) in [5.41, 5.74) is 0.597. The van der Waals surface area contributed by atoms with Crippen molar-refractivity contribution in [3.63, 3.8) is 0 Å². The Morgan fingerprint density at radius 1 is 1.44 bits per heavy atom. The Bertz CT molecular complexity index is 436. The molecule has 1 aromatic rings. The molecule has 2 N–H and O–H groups in total. The van der Waals surface area contributed by atoms with E-state index in [1.54, 1.807) is 18.2 Å². The third kappa shape index (κ3) is 3.15. The largest absolute Gasteiger partial charge is 0.480 e. The van der Waals surface area contributed by atoms with Crippen molar-refractivity contribution in [2.75, 3.05) is 6.54 Å². The van der Waals surface area contributed by atoms with Crippen molar-refractivity contribution in [2.24, 2.45) is 0 Å². The second-order valence-corrected chi connectivity index (χ2v) is 4.74. The van der Waals surface area contributed by atoms with Crippen LogP contribution in [-0.4, -0.2) is 23.7 Å². The lowest BCUT2D eigenvalue weighted by Crippen LogP contribution is -2.36. The van der Waals surface area contributed by atoms with Gasteiger partial charge < -0.3 is 15.2 Å². The lowest BCUT2D eigenvalue weighted by molar-refractivity contribution is -0.127. The minimum Gasteiger partial charge on any atom is -0.480 e. The molecule has 0 aliphatic carbocycles. The highest BCUT2D eigenvalue weighted by Gasteiger charge is 2.23. The molecule has 1 saturated heterocycles. The molecule has 1 heterocycles. The molecule has 98 valence electrons. The van der Waals surface area contributed by atoms with E-state index in [4.69, 9.17) is 16.3 Å². The van der Waals surface area contributed by atoms with Gasteiger partial charge in [0, 0.05) is 17.1 Å². The third-order valence-electron chi connectivity index (χ3n) is 2.95. The second-order valence-electron chi connectivity index (χ2n) is 4.30. The van der Waals surface area contributed by atoms with Crippen molar-refractivity contribution < 1.29 is 14.6 Å². The van der Waals surface area contributed by atoms with Gasteiger partial charge in [-0.3, -0.25) is 4.79 Å². The average Bonchev–Trinajstić information content (AvgIpc) is 2.57. The summed E-state index contributed by atoms with van der Waals surface area (Å²) in [5, 5.41) is 12.6. The third-order valence-corrected chi connectivity index (χ3v) is 3.18. The van der Waals surface area contributed by atoms with E-state index < -0.39 is 6.10 Å². The van der Waals surface area contributed by atoms with E-state index in [0.717, 1.165) is 12.8 Å². The van der Waals surface area contributed by atoms with Crippen LogP contribution in [0.3, 0.4) is 0 Å². The SMILES string of the molecule is O=C1NCCCCC1Oc1ccc(Cl)cc1CO. The first-order chi connectivity index (χ1) is 8.70. The highest BCUT2D eigenvalue weighted by Crippen LogP contribution is 2.25. The Labute approximate surface area is 111 Å². The van der Waals surface area contributed by atoms with Crippen molar-refractivity contribution in [1.29, 1.82) is 0 Å². The zero-order valence-electron chi connectivity index (χ0n) is 9.99. The first-order valence-electron chi connectivity index (χ1n) is 6.04. The van der Waals surface area contributed by atoms with Crippen LogP contribution in [0.4, 0.5) is 0 Å². The van der Waals surface area contributed by atoms with Crippen LogP contribution < -0.4 is 10.1 Å². The summed E-state index contributed by atoms with van der Waals surface area (Å²) in [4.78, 5) is 11.8. The maximum absolute atomic E-state index is 11.8. The van der Waals surface area contributed by atoms with Gasteiger partial charge in [-0.2, -0.15) is 0 Å². The molecule has 2 rings (SSSR count). The van der Waals surface area contributed by atoms with Gasteiger partial charge in [-0.05, 0) is 37.5 Å². The van der Waals surface area contributed by atoms with Gasteiger partial charge in [-0.25, -0.2) is 0 Å². The Morgan fingerprint density at radius 2 is 2.28 bits per heavy atom. The fraction of sp³-hybridized carbons (Fsp3) is 0.462. The van der Waals surface area contributed by atoms with E-state index in [2.05, 4.69) is 5.32 Å². The Morgan fingerprint density at radius 3 is 3.06 bits per heavy atom. The summed E-state index contributed by atoms with van der Waals surface area (Å²) >= 11 is 5.85. The van der Waals surface area contributed by atoms with Crippen LogP contribution in [0.25, 0.3) is 0 Å². The number of rotatable bonds is 3. The van der Waals surface area contributed by atoms with Gasteiger partial charge in [0.05, 0.1) is 6.61 Å².